The molecule has 2 N–H and O–H groups in total. The van der Waals surface area contributed by atoms with Gasteiger partial charge in [-0.25, -0.2) is 13.1 Å². The first-order valence-corrected chi connectivity index (χ1v) is 8.16. The quantitative estimate of drug-likeness (QED) is 0.716. The van der Waals surface area contributed by atoms with E-state index in [4.69, 9.17) is 0 Å². The van der Waals surface area contributed by atoms with Crippen LogP contribution >= 0.6 is 0 Å². The molecule has 0 bridgehead atoms. The van der Waals surface area contributed by atoms with E-state index in [9.17, 15) is 8.42 Å². The van der Waals surface area contributed by atoms with Crippen LogP contribution in [0.25, 0.3) is 0 Å². The van der Waals surface area contributed by atoms with Crippen LogP contribution in [0.4, 0.5) is 0 Å². The number of rotatable bonds is 5. The van der Waals surface area contributed by atoms with Crippen LogP contribution in [0, 0.1) is 0 Å². The lowest BCUT2D eigenvalue weighted by Crippen LogP contribution is -2.47. The molecule has 2 aliphatic heterocycles. The van der Waals surface area contributed by atoms with E-state index in [-0.39, 0.29) is 11.8 Å². The minimum absolute atomic E-state index is 0.136. The molecular formula is C11H23N3O2S. The number of piperidine rings is 1. The number of sulfonamides is 1. The first kappa shape index (κ1) is 13.3. The SMILES string of the molecule is CNCCS(=O)(=O)NC1CCN2CCCCC12. The Hall–Kier alpha value is -0.170. The van der Waals surface area contributed by atoms with Gasteiger partial charge >= 0.3 is 0 Å². The smallest absolute Gasteiger partial charge is 0.213 e. The molecule has 2 atom stereocenters. The largest absolute Gasteiger partial charge is 0.319 e. The monoisotopic (exact) mass is 261 g/mol. The molecule has 0 saturated carbocycles. The summed E-state index contributed by atoms with van der Waals surface area (Å²) in [7, 11) is -1.35. The van der Waals surface area contributed by atoms with Crippen LogP contribution in [-0.2, 0) is 10.0 Å². The second kappa shape index (κ2) is 5.65. The highest BCUT2D eigenvalue weighted by Gasteiger charge is 2.37. The van der Waals surface area contributed by atoms with Gasteiger partial charge in [-0.3, -0.25) is 4.90 Å². The average Bonchev–Trinajstić information content (AvgIpc) is 2.70. The molecule has 0 radical (unpaired) electrons. The minimum atomic E-state index is -3.12. The van der Waals surface area contributed by atoms with Crippen molar-refractivity contribution in [3.05, 3.63) is 0 Å². The van der Waals surface area contributed by atoms with E-state index in [1.807, 2.05) is 0 Å². The zero-order valence-electron chi connectivity index (χ0n) is 10.5. The molecule has 0 amide bonds. The van der Waals surface area contributed by atoms with E-state index >= 15 is 0 Å². The number of nitrogens with zero attached hydrogens (tertiary/aromatic N) is 1. The van der Waals surface area contributed by atoms with Gasteiger partial charge in [-0.15, -0.1) is 0 Å². The molecule has 2 fully saturated rings. The maximum Gasteiger partial charge on any atom is 0.213 e. The van der Waals surface area contributed by atoms with Crippen molar-refractivity contribution in [1.29, 1.82) is 0 Å². The summed E-state index contributed by atoms with van der Waals surface area (Å²) in [6.45, 7) is 2.69. The minimum Gasteiger partial charge on any atom is -0.319 e. The topological polar surface area (TPSA) is 61.4 Å². The van der Waals surface area contributed by atoms with Crippen LogP contribution in [-0.4, -0.2) is 57.8 Å². The molecule has 0 aromatic rings. The van der Waals surface area contributed by atoms with Crippen LogP contribution in [0.1, 0.15) is 25.7 Å². The fourth-order valence-electron chi connectivity index (χ4n) is 2.91. The van der Waals surface area contributed by atoms with Crippen molar-refractivity contribution >= 4 is 10.0 Å². The summed E-state index contributed by atoms with van der Waals surface area (Å²) in [4.78, 5) is 2.44. The van der Waals surface area contributed by atoms with Crippen LogP contribution in [0.3, 0.4) is 0 Å². The van der Waals surface area contributed by atoms with E-state index in [2.05, 4.69) is 14.9 Å². The molecule has 0 aromatic heterocycles. The second-order valence-corrected chi connectivity index (χ2v) is 6.91. The maximum absolute atomic E-state index is 11.9. The van der Waals surface area contributed by atoms with E-state index in [0.29, 0.717) is 12.6 Å². The molecule has 5 nitrogen and oxygen atoms in total. The highest BCUT2D eigenvalue weighted by Crippen LogP contribution is 2.27. The highest BCUT2D eigenvalue weighted by atomic mass is 32.2. The molecule has 0 aromatic carbocycles. The van der Waals surface area contributed by atoms with E-state index in [0.717, 1.165) is 25.9 Å². The molecule has 2 saturated heterocycles. The molecule has 2 unspecified atom stereocenters. The van der Waals surface area contributed by atoms with Crippen molar-refractivity contribution < 1.29 is 8.42 Å². The van der Waals surface area contributed by atoms with Crippen molar-refractivity contribution in [3.8, 4) is 0 Å². The number of hydrogen-bond acceptors (Lipinski definition) is 4. The number of nitrogens with one attached hydrogen (secondary N) is 2. The van der Waals surface area contributed by atoms with Gasteiger partial charge in [-0.05, 0) is 32.9 Å². The van der Waals surface area contributed by atoms with Gasteiger partial charge in [0, 0.05) is 25.2 Å². The molecule has 2 heterocycles. The maximum atomic E-state index is 11.9. The summed E-state index contributed by atoms with van der Waals surface area (Å²) in [6, 6.07) is 0.574. The summed E-state index contributed by atoms with van der Waals surface area (Å²) < 4.78 is 26.6. The molecule has 0 aliphatic carbocycles. The third-order valence-corrected chi connectivity index (χ3v) is 5.21. The summed E-state index contributed by atoms with van der Waals surface area (Å²) in [5.74, 6) is 0.173. The lowest BCUT2D eigenvalue weighted by Gasteiger charge is -2.32. The van der Waals surface area contributed by atoms with Gasteiger partial charge in [0.1, 0.15) is 0 Å². The van der Waals surface area contributed by atoms with Gasteiger partial charge in [-0.1, -0.05) is 6.42 Å². The fourth-order valence-corrected chi connectivity index (χ4v) is 4.24. The standard InChI is InChI=1S/C11H23N3O2S/c1-12-6-9-17(15,16)13-10-5-8-14-7-3-2-4-11(10)14/h10-13H,2-9H2,1H3. The third kappa shape index (κ3) is 3.40. The fraction of sp³-hybridized carbons (Fsp3) is 1.00. The van der Waals surface area contributed by atoms with Crippen molar-refractivity contribution in [3.63, 3.8) is 0 Å². The first-order chi connectivity index (χ1) is 8.12. The predicted molar refractivity (Wildman–Crippen MR) is 68.5 cm³/mol. The summed E-state index contributed by atoms with van der Waals surface area (Å²) in [6.07, 6.45) is 4.59. The predicted octanol–water partition coefficient (Wildman–Crippen LogP) is -0.248. The number of hydrogen-bond donors (Lipinski definition) is 2. The van der Waals surface area contributed by atoms with Gasteiger partial charge in [0.25, 0.3) is 0 Å². The molecule has 6 heteroatoms. The Morgan fingerprint density at radius 3 is 2.82 bits per heavy atom. The second-order valence-electron chi connectivity index (χ2n) is 5.03. The average molecular weight is 261 g/mol. The van der Waals surface area contributed by atoms with Gasteiger partial charge in [-0.2, -0.15) is 0 Å². The van der Waals surface area contributed by atoms with Crippen LogP contribution in [0.2, 0.25) is 0 Å². The van der Waals surface area contributed by atoms with Crippen LogP contribution in [0.15, 0.2) is 0 Å². The normalized spacial score (nSPS) is 30.4. The lowest BCUT2D eigenvalue weighted by molar-refractivity contribution is 0.186. The van der Waals surface area contributed by atoms with Crippen LogP contribution in [0.5, 0.6) is 0 Å². The Morgan fingerprint density at radius 1 is 1.24 bits per heavy atom. The van der Waals surface area contributed by atoms with E-state index in [1.54, 1.807) is 7.05 Å². The van der Waals surface area contributed by atoms with E-state index in [1.165, 1.54) is 12.8 Å². The zero-order chi connectivity index (χ0) is 12.3. The number of fused-ring (bicyclic) bond motifs is 1. The molecule has 2 aliphatic rings. The van der Waals surface area contributed by atoms with Crippen molar-refractivity contribution in [2.24, 2.45) is 0 Å². The van der Waals surface area contributed by atoms with Gasteiger partial charge in [0.2, 0.25) is 10.0 Å². The van der Waals surface area contributed by atoms with Crippen molar-refractivity contribution in [1.82, 2.24) is 14.9 Å². The van der Waals surface area contributed by atoms with Gasteiger partial charge in [0.05, 0.1) is 5.75 Å². The third-order valence-electron chi connectivity index (χ3n) is 3.81. The summed E-state index contributed by atoms with van der Waals surface area (Å²) in [5.41, 5.74) is 0. The summed E-state index contributed by atoms with van der Waals surface area (Å²) in [5, 5.41) is 2.88. The molecular weight excluding hydrogens is 238 g/mol. The molecule has 0 spiro atoms. The van der Waals surface area contributed by atoms with Gasteiger partial charge in [0.15, 0.2) is 0 Å². The summed E-state index contributed by atoms with van der Waals surface area (Å²) >= 11 is 0. The Labute approximate surface area is 104 Å². The Balaban J connectivity index is 1.90. The molecule has 17 heavy (non-hydrogen) atoms. The van der Waals surface area contributed by atoms with E-state index < -0.39 is 10.0 Å². The van der Waals surface area contributed by atoms with Crippen molar-refractivity contribution in [2.75, 3.05) is 32.4 Å². The Kier molecular flexibility index (Phi) is 4.41. The Morgan fingerprint density at radius 2 is 2.06 bits per heavy atom. The molecule has 2 rings (SSSR count). The van der Waals surface area contributed by atoms with Crippen LogP contribution < -0.4 is 10.0 Å². The highest BCUT2D eigenvalue weighted by molar-refractivity contribution is 7.89. The Bertz CT molecular complexity index is 345. The van der Waals surface area contributed by atoms with Gasteiger partial charge < -0.3 is 5.32 Å². The van der Waals surface area contributed by atoms with Crippen molar-refractivity contribution in [2.45, 2.75) is 37.8 Å². The lowest BCUT2D eigenvalue weighted by atomic mass is 10.00. The first-order valence-electron chi connectivity index (χ1n) is 6.51. The zero-order valence-corrected chi connectivity index (χ0v) is 11.3. The molecule has 100 valence electrons.